The minimum Gasteiger partial charge on any atom is -0.392 e. The highest BCUT2D eigenvalue weighted by molar-refractivity contribution is 7.88. The Balaban J connectivity index is 2.76. The average Bonchev–Trinajstić information content (AvgIpc) is 2.14. The maximum atomic E-state index is 10.8. The van der Waals surface area contributed by atoms with Crippen molar-refractivity contribution in [1.82, 2.24) is 4.72 Å². The Morgan fingerprint density at radius 3 is 2.36 bits per heavy atom. The van der Waals surface area contributed by atoms with Crippen LogP contribution in [0.1, 0.15) is 11.1 Å². The molecule has 0 radical (unpaired) electrons. The summed E-state index contributed by atoms with van der Waals surface area (Å²) in [4.78, 5) is 0. The molecule has 1 aromatic carbocycles. The van der Waals surface area contributed by atoms with Crippen LogP contribution in [0.3, 0.4) is 0 Å². The van der Waals surface area contributed by atoms with Crippen LogP contribution >= 0.6 is 0 Å². The van der Waals surface area contributed by atoms with Crippen molar-refractivity contribution >= 4 is 10.0 Å². The third-order valence-electron chi connectivity index (χ3n) is 1.81. The second-order valence-electron chi connectivity index (χ2n) is 3.02. The number of aliphatic hydroxyl groups is 1. The van der Waals surface area contributed by atoms with E-state index >= 15 is 0 Å². The molecule has 0 aliphatic heterocycles. The van der Waals surface area contributed by atoms with Crippen molar-refractivity contribution in [2.45, 2.75) is 13.2 Å². The lowest BCUT2D eigenvalue weighted by Gasteiger charge is -2.06. The van der Waals surface area contributed by atoms with Gasteiger partial charge in [0, 0.05) is 6.54 Å². The van der Waals surface area contributed by atoms with E-state index in [1.165, 1.54) is 0 Å². The first kappa shape index (κ1) is 11.2. The highest BCUT2D eigenvalue weighted by atomic mass is 32.2. The third kappa shape index (κ3) is 3.45. The maximum absolute atomic E-state index is 10.8. The van der Waals surface area contributed by atoms with E-state index in [-0.39, 0.29) is 13.2 Å². The van der Waals surface area contributed by atoms with Gasteiger partial charge in [0.1, 0.15) is 0 Å². The first-order valence-electron chi connectivity index (χ1n) is 4.15. The SMILES string of the molecule is CS(=O)(=O)NCc1ccccc1CO. The van der Waals surface area contributed by atoms with Crippen molar-refractivity contribution in [1.29, 1.82) is 0 Å². The molecule has 0 aliphatic carbocycles. The third-order valence-corrected chi connectivity index (χ3v) is 2.48. The highest BCUT2D eigenvalue weighted by Gasteiger charge is 2.03. The van der Waals surface area contributed by atoms with E-state index in [2.05, 4.69) is 4.72 Å². The normalized spacial score (nSPS) is 11.6. The molecule has 0 aromatic heterocycles. The summed E-state index contributed by atoms with van der Waals surface area (Å²) >= 11 is 0. The Hall–Kier alpha value is -0.910. The zero-order valence-corrected chi connectivity index (χ0v) is 8.71. The van der Waals surface area contributed by atoms with Crippen molar-refractivity contribution in [3.05, 3.63) is 35.4 Å². The van der Waals surface area contributed by atoms with Crippen molar-refractivity contribution in [3.8, 4) is 0 Å². The summed E-state index contributed by atoms with van der Waals surface area (Å²) in [5.74, 6) is 0. The number of benzene rings is 1. The Bertz CT molecular complexity index is 400. The Labute approximate surface area is 83.6 Å². The first-order chi connectivity index (χ1) is 6.53. The van der Waals surface area contributed by atoms with Crippen molar-refractivity contribution in [3.63, 3.8) is 0 Å². The molecular weight excluding hydrogens is 202 g/mol. The summed E-state index contributed by atoms with van der Waals surface area (Å²) in [6, 6.07) is 7.15. The molecule has 0 spiro atoms. The van der Waals surface area contributed by atoms with E-state index < -0.39 is 10.0 Å². The molecule has 5 heteroatoms. The molecule has 78 valence electrons. The fourth-order valence-corrected chi connectivity index (χ4v) is 1.51. The summed E-state index contributed by atoms with van der Waals surface area (Å²) in [6.07, 6.45) is 1.11. The van der Waals surface area contributed by atoms with E-state index in [1.807, 2.05) is 0 Å². The predicted molar refractivity (Wildman–Crippen MR) is 54.0 cm³/mol. The molecule has 14 heavy (non-hydrogen) atoms. The lowest BCUT2D eigenvalue weighted by atomic mass is 10.1. The van der Waals surface area contributed by atoms with Gasteiger partial charge in [0.2, 0.25) is 10.0 Å². The van der Waals surface area contributed by atoms with Gasteiger partial charge in [0.15, 0.2) is 0 Å². The van der Waals surface area contributed by atoms with Gasteiger partial charge in [0.05, 0.1) is 12.9 Å². The summed E-state index contributed by atoms with van der Waals surface area (Å²) in [5, 5.41) is 8.97. The minimum absolute atomic E-state index is 0.0817. The fourth-order valence-electron chi connectivity index (χ4n) is 1.09. The van der Waals surface area contributed by atoms with Crippen molar-refractivity contribution < 1.29 is 13.5 Å². The number of hydrogen-bond acceptors (Lipinski definition) is 3. The fraction of sp³-hybridized carbons (Fsp3) is 0.333. The Kier molecular flexibility index (Phi) is 3.62. The van der Waals surface area contributed by atoms with Gasteiger partial charge in [-0.1, -0.05) is 24.3 Å². The van der Waals surface area contributed by atoms with Gasteiger partial charge in [-0.25, -0.2) is 13.1 Å². The molecule has 4 nitrogen and oxygen atoms in total. The van der Waals surface area contributed by atoms with Crippen LogP contribution in [0.15, 0.2) is 24.3 Å². The van der Waals surface area contributed by atoms with Gasteiger partial charge in [-0.2, -0.15) is 0 Å². The smallest absolute Gasteiger partial charge is 0.209 e. The van der Waals surface area contributed by atoms with E-state index in [0.717, 1.165) is 17.4 Å². The second-order valence-corrected chi connectivity index (χ2v) is 4.85. The number of aliphatic hydroxyl groups excluding tert-OH is 1. The van der Waals surface area contributed by atoms with Crippen LogP contribution in [0.25, 0.3) is 0 Å². The standard InChI is InChI=1S/C9H13NO3S/c1-14(12,13)10-6-8-4-2-3-5-9(8)7-11/h2-5,10-11H,6-7H2,1H3. The molecule has 0 atom stereocenters. The van der Waals surface area contributed by atoms with E-state index in [4.69, 9.17) is 5.11 Å². The van der Waals surface area contributed by atoms with Gasteiger partial charge >= 0.3 is 0 Å². The number of rotatable bonds is 4. The summed E-state index contributed by atoms with van der Waals surface area (Å²) in [5.41, 5.74) is 1.53. The lowest BCUT2D eigenvalue weighted by molar-refractivity contribution is 0.280. The molecule has 0 aliphatic rings. The molecular formula is C9H13NO3S. The summed E-state index contributed by atoms with van der Waals surface area (Å²) in [7, 11) is -3.18. The monoisotopic (exact) mass is 215 g/mol. The zero-order chi connectivity index (χ0) is 10.6. The highest BCUT2D eigenvalue weighted by Crippen LogP contribution is 2.08. The molecule has 0 saturated carbocycles. The first-order valence-corrected chi connectivity index (χ1v) is 6.04. The van der Waals surface area contributed by atoms with E-state index in [1.54, 1.807) is 24.3 Å². The van der Waals surface area contributed by atoms with Gasteiger partial charge in [0.25, 0.3) is 0 Å². The van der Waals surface area contributed by atoms with Crippen LogP contribution < -0.4 is 4.72 Å². The van der Waals surface area contributed by atoms with Crippen LogP contribution in [-0.4, -0.2) is 19.8 Å². The summed E-state index contributed by atoms with van der Waals surface area (Å²) < 4.78 is 24.0. The quantitative estimate of drug-likeness (QED) is 0.755. The molecule has 2 N–H and O–H groups in total. The molecule has 0 unspecified atom stereocenters. The minimum atomic E-state index is -3.18. The second kappa shape index (κ2) is 4.54. The Morgan fingerprint density at radius 1 is 1.29 bits per heavy atom. The Morgan fingerprint density at radius 2 is 1.86 bits per heavy atom. The topological polar surface area (TPSA) is 66.4 Å². The number of hydrogen-bond donors (Lipinski definition) is 2. The number of sulfonamides is 1. The maximum Gasteiger partial charge on any atom is 0.209 e. The lowest BCUT2D eigenvalue weighted by Crippen LogP contribution is -2.21. The zero-order valence-electron chi connectivity index (χ0n) is 7.90. The molecule has 0 heterocycles. The summed E-state index contributed by atoms with van der Waals surface area (Å²) in [6.45, 7) is 0.136. The predicted octanol–water partition coefficient (Wildman–Crippen LogP) is 0.228. The number of nitrogens with one attached hydrogen (secondary N) is 1. The van der Waals surface area contributed by atoms with Gasteiger partial charge < -0.3 is 5.11 Å². The van der Waals surface area contributed by atoms with E-state index in [0.29, 0.717) is 0 Å². The van der Waals surface area contributed by atoms with Crippen molar-refractivity contribution in [2.75, 3.05) is 6.26 Å². The molecule has 0 amide bonds. The van der Waals surface area contributed by atoms with E-state index in [9.17, 15) is 8.42 Å². The van der Waals surface area contributed by atoms with Crippen LogP contribution in [-0.2, 0) is 23.2 Å². The molecule has 1 rings (SSSR count). The van der Waals surface area contributed by atoms with Gasteiger partial charge in [-0.05, 0) is 11.1 Å². The van der Waals surface area contributed by atoms with Crippen molar-refractivity contribution in [2.24, 2.45) is 0 Å². The van der Waals surface area contributed by atoms with Crippen LogP contribution in [0, 0.1) is 0 Å². The molecule has 1 aromatic rings. The molecule has 0 fully saturated rings. The van der Waals surface area contributed by atoms with Gasteiger partial charge in [-0.15, -0.1) is 0 Å². The molecule has 0 bridgehead atoms. The molecule has 0 saturated heterocycles. The largest absolute Gasteiger partial charge is 0.392 e. The van der Waals surface area contributed by atoms with Crippen LogP contribution in [0.4, 0.5) is 0 Å². The average molecular weight is 215 g/mol. The van der Waals surface area contributed by atoms with Gasteiger partial charge in [-0.3, -0.25) is 0 Å². The van der Waals surface area contributed by atoms with Crippen LogP contribution in [0.2, 0.25) is 0 Å². The van der Waals surface area contributed by atoms with Crippen LogP contribution in [0.5, 0.6) is 0 Å².